The Morgan fingerprint density at radius 1 is 0.610 bits per heavy atom. The number of benzene rings is 3. The van der Waals surface area contributed by atoms with E-state index in [4.69, 9.17) is 16.3 Å². The normalized spacial score (nSPS) is 19.2. The molecule has 0 aromatic heterocycles. The summed E-state index contributed by atoms with van der Waals surface area (Å²) in [6.45, 7) is -2.79. The molecular formula is C63H86InN16O20+3. The number of aliphatic hydroxyl groups is 1. The SMILES string of the molecule is NC(N)=NCCC[C@@H]1NC(=O)[C@H](CCCCNC(=O)C(CO)NC(=O)c2ccc(/C=N/OCC(=O)Nc3ccc(CC4CN(CC(=O)O)CCN(CC(=O)O)CCN(CC(=O)O)CCN4CC(=O)O)cc3)cc2)NC(=O)[C@@H](Cc2ccccc2)NC(=O)[C@H](CC(=O)O)NC(=O)CNC1=O.[111In+3]. The number of aliphatic hydroxyl groups excluding tert-OH is 1. The molecule has 6 atom stereocenters. The van der Waals surface area contributed by atoms with Gasteiger partial charge in [-0.05, 0) is 79.5 Å². The van der Waals surface area contributed by atoms with Crippen LogP contribution in [0.15, 0.2) is 89.0 Å². The first-order valence-corrected chi connectivity index (χ1v) is 31.6. The van der Waals surface area contributed by atoms with Gasteiger partial charge in [0.05, 0.1) is 52.0 Å². The fourth-order valence-electron chi connectivity index (χ4n) is 10.5. The van der Waals surface area contributed by atoms with E-state index in [1.807, 2.05) is 0 Å². The van der Waals surface area contributed by atoms with Crippen LogP contribution < -0.4 is 54.0 Å². The molecule has 538 valence electrons. The van der Waals surface area contributed by atoms with Gasteiger partial charge in [0.1, 0.15) is 30.2 Å². The average molecular weight is 1500 g/mol. The van der Waals surface area contributed by atoms with Crippen LogP contribution in [0.3, 0.4) is 0 Å². The molecule has 0 saturated carbocycles. The third-order valence-corrected chi connectivity index (χ3v) is 15.5. The van der Waals surface area contributed by atoms with Gasteiger partial charge in [-0.1, -0.05) is 59.8 Å². The van der Waals surface area contributed by atoms with Crippen LogP contribution in [0.1, 0.15) is 65.6 Å². The first-order chi connectivity index (χ1) is 47.2. The number of aliphatic imine (C=N–C) groups is 1. The first-order valence-electron chi connectivity index (χ1n) is 31.6. The Labute approximate surface area is 593 Å². The molecular weight excluding hydrogens is 1410 g/mol. The zero-order valence-electron chi connectivity index (χ0n) is 54.8. The number of anilines is 1. The Balaban J connectivity index is 0.0000212. The second-order valence-corrected chi connectivity index (χ2v) is 23.3. The molecule has 100 heavy (non-hydrogen) atoms. The van der Waals surface area contributed by atoms with Gasteiger partial charge in [0, 0.05) is 82.6 Å². The summed E-state index contributed by atoms with van der Waals surface area (Å²) in [6.07, 6.45) is 0.785. The summed E-state index contributed by atoms with van der Waals surface area (Å²) in [7, 11) is 0. The molecule has 37 heteroatoms. The smallest absolute Gasteiger partial charge is 0.481 e. The van der Waals surface area contributed by atoms with Gasteiger partial charge in [-0.25, -0.2) is 0 Å². The molecule has 3 aromatic carbocycles. The second kappa shape index (κ2) is 43.6. The van der Waals surface area contributed by atoms with Crippen molar-refractivity contribution in [2.24, 2.45) is 21.6 Å². The Hall–Kier alpha value is -9.82. The number of rotatable bonds is 32. The van der Waals surface area contributed by atoms with Crippen molar-refractivity contribution in [3.8, 4) is 0 Å². The molecule has 3 aromatic rings. The van der Waals surface area contributed by atoms with Crippen LogP contribution in [0.5, 0.6) is 0 Å². The number of carbonyl (C=O) groups is 13. The molecule has 2 heterocycles. The maximum atomic E-state index is 14.1. The fraction of sp³-hybridized carbons (Fsp3) is 0.476. The average Bonchev–Trinajstić information content (AvgIpc) is 1.20. The first kappa shape index (κ1) is 82.6. The van der Waals surface area contributed by atoms with Gasteiger partial charge in [0.2, 0.25) is 35.4 Å². The van der Waals surface area contributed by atoms with E-state index in [2.05, 4.69) is 52.7 Å². The van der Waals surface area contributed by atoms with E-state index >= 15 is 0 Å². The summed E-state index contributed by atoms with van der Waals surface area (Å²) in [4.78, 5) is 182. The number of guanidine groups is 1. The molecule has 0 radical (unpaired) electrons. The Morgan fingerprint density at radius 2 is 1.16 bits per heavy atom. The van der Waals surface area contributed by atoms with Crippen molar-refractivity contribution in [3.05, 3.63) is 101 Å². The van der Waals surface area contributed by atoms with Gasteiger partial charge in [0.25, 0.3) is 11.8 Å². The van der Waals surface area contributed by atoms with E-state index < -0.39 is 153 Å². The maximum absolute atomic E-state index is 14.1. The minimum absolute atomic E-state index is 0. The van der Waals surface area contributed by atoms with Crippen molar-refractivity contribution in [3.63, 3.8) is 0 Å². The van der Waals surface area contributed by atoms with Crippen LogP contribution >= 0.6 is 0 Å². The number of carboxylic acids is 5. The van der Waals surface area contributed by atoms with Gasteiger partial charge in [0.15, 0.2) is 12.6 Å². The number of carboxylic acid groups (broad SMARTS) is 5. The third kappa shape index (κ3) is 31.4. The van der Waals surface area contributed by atoms with Gasteiger partial charge in [-0.2, -0.15) is 0 Å². The number of oxime groups is 1. The van der Waals surface area contributed by atoms with E-state index in [1.54, 1.807) is 74.2 Å². The largest absolute Gasteiger partial charge is 3.00 e. The van der Waals surface area contributed by atoms with Crippen molar-refractivity contribution in [1.29, 1.82) is 0 Å². The van der Waals surface area contributed by atoms with Gasteiger partial charge in [-0.15, -0.1) is 0 Å². The number of nitrogens with two attached hydrogens (primary N) is 2. The third-order valence-electron chi connectivity index (χ3n) is 15.5. The van der Waals surface area contributed by atoms with Gasteiger partial charge >= 0.3 is 55.7 Å². The summed E-state index contributed by atoms with van der Waals surface area (Å²) in [5.41, 5.74) is 13.0. The predicted molar refractivity (Wildman–Crippen MR) is 358 cm³/mol. The fourth-order valence-corrected chi connectivity index (χ4v) is 10.5. The van der Waals surface area contributed by atoms with E-state index in [-0.39, 0.29) is 154 Å². The van der Waals surface area contributed by atoms with Crippen LogP contribution in [0.4, 0.5) is 5.69 Å². The van der Waals surface area contributed by atoms with Crippen LogP contribution in [0.25, 0.3) is 0 Å². The number of hydrogen-bond donors (Lipinski definition) is 16. The Morgan fingerprint density at radius 3 is 1.76 bits per heavy atom. The molecule has 8 amide bonds. The molecule has 2 aliphatic rings. The zero-order valence-corrected chi connectivity index (χ0v) is 58.1. The van der Waals surface area contributed by atoms with Crippen LogP contribution in [0, 0.1) is 0 Å². The summed E-state index contributed by atoms with van der Waals surface area (Å²) in [5, 5.41) is 82.5. The number of unbranched alkanes of at least 4 members (excludes halogenated alkanes) is 1. The molecule has 0 bridgehead atoms. The Bertz CT molecular complexity index is 3330. The molecule has 2 saturated heterocycles. The van der Waals surface area contributed by atoms with Crippen molar-refractivity contribution < 1.29 is 97.8 Å². The molecule has 18 N–H and O–H groups in total. The summed E-state index contributed by atoms with van der Waals surface area (Å²) < 4.78 is 0. The Kier molecular flexibility index (Phi) is 36.0. The molecule has 5 rings (SSSR count). The maximum Gasteiger partial charge on any atom is 3.00 e. The molecule has 0 spiro atoms. The van der Waals surface area contributed by atoms with Crippen molar-refractivity contribution in [2.45, 2.75) is 87.6 Å². The minimum atomic E-state index is -1.68. The number of nitrogens with one attached hydrogen (secondary N) is 8. The quantitative estimate of drug-likeness (QED) is 0.0120. The van der Waals surface area contributed by atoms with Crippen LogP contribution in [-0.2, 0) is 75.2 Å². The van der Waals surface area contributed by atoms with Crippen molar-refractivity contribution in [1.82, 2.24) is 56.8 Å². The summed E-state index contributed by atoms with van der Waals surface area (Å²) in [5.74, 6) is -12.8. The van der Waals surface area contributed by atoms with Crippen molar-refractivity contribution in [2.75, 3.05) is 110 Å². The molecule has 0 aliphatic carbocycles. The van der Waals surface area contributed by atoms with E-state index in [1.165, 1.54) is 30.5 Å². The second-order valence-electron chi connectivity index (χ2n) is 23.3. The number of amides is 8. The zero-order chi connectivity index (χ0) is 72.4. The number of hydrogen-bond acceptors (Lipinski definition) is 21. The topological polar surface area (TPSA) is 538 Å². The number of aliphatic carboxylic acids is 5. The number of nitrogens with zero attached hydrogens (tertiary/aromatic N) is 6. The van der Waals surface area contributed by atoms with Crippen molar-refractivity contribution >= 4 is 121 Å². The summed E-state index contributed by atoms with van der Waals surface area (Å²) >= 11 is 0. The van der Waals surface area contributed by atoms with E-state index in [0.29, 0.717) is 22.4 Å². The van der Waals surface area contributed by atoms with Crippen LogP contribution in [0.2, 0.25) is 0 Å². The number of carbonyl (C=O) groups excluding carboxylic acids is 8. The molecule has 36 nitrogen and oxygen atoms in total. The van der Waals surface area contributed by atoms with E-state index in [0.717, 1.165) is 0 Å². The minimum Gasteiger partial charge on any atom is -0.481 e. The standard InChI is InChI=1S/C63H86N16O20.In/c64-63(65)67-20-6-10-45-58(94)68-31-50(81)71-48(29-52(83)84)62(98)74-47(28-39-7-2-1-3-8-39)61(97)73-46(60(96)72-45)9-4-5-19-66-59(95)49(37-80)75-57(93)42-15-11-41(12-16-42)30-69-99-38-51(82)70-43-17-13-40(14-18-43)27-44-32-78(35-55(89)90)24-23-76(33-53(85)86)21-22-77(34-54(87)88)25-26-79(44)36-56(91)92;/h1-3,7-8,11-18,30,44-49,80H,4-6,9-10,19-29,31-38H2,(H,66,95)(H,68,94)(H,70,82)(H,71,81)(H,72,96)(H,73,97)(H,74,98)(H,75,93)(H,83,84)(H,85,86)(H,87,88)(H,89,90)(H,91,92)(H4,64,65,67);/q;+3/b69-30+;/t44?,45-,46-,47+,48-,49?;/m0./s1/i;1-4. The van der Waals surface area contributed by atoms with E-state index in [9.17, 15) is 93.0 Å². The van der Waals surface area contributed by atoms with Gasteiger partial charge in [-0.3, -0.25) is 86.9 Å². The predicted octanol–water partition coefficient (Wildman–Crippen LogP) is -5.02. The molecule has 2 fully saturated rings. The molecule has 2 unspecified atom stereocenters. The molecule has 2 aliphatic heterocycles. The summed E-state index contributed by atoms with van der Waals surface area (Å²) in [6, 6.07) is 13.0. The monoisotopic (exact) mass is 1500 g/mol. The van der Waals surface area contributed by atoms with Crippen LogP contribution in [-0.4, -0.2) is 306 Å². The van der Waals surface area contributed by atoms with Gasteiger partial charge < -0.3 is 89.5 Å².